The molecule has 0 radical (unpaired) electrons. The first kappa shape index (κ1) is 14.5. The number of hydrogen-bond donors (Lipinski definition) is 1. The molecule has 0 bridgehead atoms. The predicted octanol–water partition coefficient (Wildman–Crippen LogP) is 3.03. The van der Waals surface area contributed by atoms with Gasteiger partial charge in [0.2, 0.25) is 0 Å². The molecule has 0 saturated heterocycles. The summed E-state index contributed by atoms with van der Waals surface area (Å²) in [6.45, 7) is 5.22. The maximum Gasteiger partial charge on any atom is 0.140 e. The molecule has 2 rings (SSSR count). The minimum atomic E-state index is -0.115. The molecule has 1 aromatic rings. The average molecular weight is 284 g/mol. The molecular formula is C14H22ClN3O. The van der Waals surface area contributed by atoms with Crippen molar-refractivity contribution >= 4 is 17.4 Å². The summed E-state index contributed by atoms with van der Waals surface area (Å²) in [5.74, 6) is 1.35. The number of rotatable bonds is 5. The van der Waals surface area contributed by atoms with Crippen LogP contribution in [0.2, 0.25) is 5.15 Å². The quantitative estimate of drug-likeness (QED) is 0.844. The lowest BCUT2D eigenvalue weighted by Crippen LogP contribution is -2.37. The van der Waals surface area contributed by atoms with Crippen LogP contribution in [0.1, 0.15) is 45.1 Å². The Bertz CT molecular complexity index is 419. The maximum absolute atomic E-state index is 9.53. The molecule has 5 heteroatoms. The van der Waals surface area contributed by atoms with E-state index in [-0.39, 0.29) is 6.61 Å². The van der Waals surface area contributed by atoms with Crippen LogP contribution in [-0.4, -0.2) is 27.7 Å². The fourth-order valence-electron chi connectivity index (χ4n) is 2.78. The van der Waals surface area contributed by atoms with E-state index in [0.29, 0.717) is 22.7 Å². The highest BCUT2D eigenvalue weighted by Gasteiger charge is 2.26. The molecular weight excluding hydrogens is 262 g/mol. The van der Waals surface area contributed by atoms with E-state index in [1.54, 1.807) is 0 Å². The number of halogens is 1. The van der Waals surface area contributed by atoms with Crippen LogP contribution in [0.15, 0.2) is 6.33 Å². The summed E-state index contributed by atoms with van der Waals surface area (Å²) >= 11 is 6.08. The molecule has 1 aliphatic rings. The molecule has 1 fully saturated rings. The molecule has 1 aromatic heterocycles. The van der Waals surface area contributed by atoms with Crippen LogP contribution < -0.4 is 4.90 Å². The zero-order chi connectivity index (χ0) is 13.8. The molecule has 4 nitrogen and oxygen atoms in total. The van der Waals surface area contributed by atoms with E-state index in [9.17, 15) is 5.11 Å². The van der Waals surface area contributed by atoms with E-state index in [0.717, 1.165) is 12.4 Å². The zero-order valence-corrected chi connectivity index (χ0v) is 12.4. The smallest absolute Gasteiger partial charge is 0.140 e. The van der Waals surface area contributed by atoms with Gasteiger partial charge in [-0.15, -0.1) is 0 Å². The molecule has 1 saturated carbocycles. The van der Waals surface area contributed by atoms with Gasteiger partial charge >= 0.3 is 0 Å². The second-order valence-electron chi connectivity index (χ2n) is 5.61. The minimum Gasteiger partial charge on any atom is -0.391 e. The fraction of sp³-hybridized carbons (Fsp3) is 0.714. The standard InChI is InChI=1S/C14H22ClN3O/c1-10(2)7-18(11-5-3-4-6-11)14-12(8-19)13(15)16-9-17-14/h9-11,19H,3-8H2,1-2H3. The van der Waals surface area contributed by atoms with Crippen molar-refractivity contribution in [1.82, 2.24) is 9.97 Å². The summed E-state index contributed by atoms with van der Waals surface area (Å²) in [5.41, 5.74) is 0.650. The number of aliphatic hydroxyl groups excluding tert-OH is 1. The Morgan fingerprint density at radius 2 is 2.05 bits per heavy atom. The van der Waals surface area contributed by atoms with Gasteiger partial charge in [-0.25, -0.2) is 9.97 Å². The first-order valence-corrected chi connectivity index (χ1v) is 7.38. The van der Waals surface area contributed by atoms with Crippen LogP contribution in [0.25, 0.3) is 0 Å². The summed E-state index contributed by atoms with van der Waals surface area (Å²) in [7, 11) is 0. The predicted molar refractivity (Wildman–Crippen MR) is 77.4 cm³/mol. The fourth-order valence-corrected chi connectivity index (χ4v) is 2.97. The maximum atomic E-state index is 9.53. The Hall–Kier alpha value is -0.870. The molecule has 106 valence electrons. The van der Waals surface area contributed by atoms with Crippen LogP contribution in [0.4, 0.5) is 5.82 Å². The van der Waals surface area contributed by atoms with Crippen LogP contribution >= 0.6 is 11.6 Å². The highest BCUT2D eigenvalue weighted by atomic mass is 35.5. The summed E-state index contributed by atoms with van der Waals surface area (Å²) in [5, 5.41) is 9.89. The van der Waals surface area contributed by atoms with Gasteiger partial charge in [0.25, 0.3) is 0 Å². The molecule has 19 heavy (non-hydrogen) atoms. The van der Waals surface area contributed by atoms with Crippen LogP contribution in [0.5, 0.6) is 0 Å². The van der Waals surface area contributed by atoms with Crippen molar-refractivity contribution in [3.63, 3.8) is 0 Å². The van der Waals surface area contributed by atoms with Crippen molar-refractivity contribution in [2.45, 2.75) is 52.2 Å². The summed E-state index contributed by atoms with van der Waals surface area (Å²) < 4.78 is 0. The molecule has 0 amide bonds. The third-order valence-corrected chi connectivity index (χ3v) is 3.95. The van der Waals surface area contributed by atoms with Crippen molar-refractivity contribution in [3.8, 4) is 0 Å². The lowest BCUT2D eigenvalue weighted by molar-refractivity contribution is 0.280. The lowest BCUT2D eigenvalue weighted by atomic mass is 10.1. The van der Waals surface area contributed by atoms with Crippen molar-refractivity contribution in [2.24, 2.45) is 5.92 Å². The van der Waals surface area contributed by atoms with E-state index in [1.165, 1.54) is 32.0 Å². The zero-order valence-electron chi connectivity index (χ0n) is 11.6. The largest absolute Gasteiger partial charge is 0.391 e. The monoisotopic (exact) mass is 283 g/mol. The molecule has 1 N–H and O–H groups in total. The van der Waals surface area contributed by atoms with Gasteiger partial charge in [0.1, 0.15) is 17.3 Å². The molecule has 0 aromatic carbocycles. The van der Waals surface area contributed by atoms with Gasteiger partial charge < -0.3 is 10.0 Å². The minimum absolute atomic E-state index is 0.115. The first-order chi connectivity index (χ1) is 9.13. The SMILES string of the molecule is CC(C)CN(c1ncnc(Cl)c1CO)C1CCCC1. The first-order valence-electron chi connectivity index (χ1n) is 7.00. The van der Waals surface area contributed by atoms with Crippen molar-refractivity contribution in [2.75, 3.05) is 11.4 Å². The molecule has 0 unspecified atom stereocenters. The van der Waals surface area contributed by atoms with Crippen LogP contribution in [0.3, 0.4) is 0 Å². The Kier molecular flexibility index (Phi) is 4.99. The Morgan fingerprint density at radius 1 is 1.37 bits per heavy atom. The third kappa shape index (κ3) is 3.37. The van der Waals surface area contributed by atoms with Crippen LogP contribution in [-0.2, 0) is 6.61 Å². The van der Waals surface area contributed by atoms with E-state index in [2.05, 4.69) is 28.7 Å². The summed E-state index contributed by atoms with van der Waals surface area (Å²) in [6.07, 6.45) is 6.41. The van der Waals surface area contributed by atoms with Crippen molar-refractivity contribution in [3.05, 3.63) is 17.0 Å². The summed E-state index contributed by atoms with van der Waals surface area (Å²) in [6, 6.07) is 0.513. The van der Waals surface area contributed by atoms with Crippen molar-refractivity contribution < 1.29 is 5.11 Å². The van der Waals surface area contributed by atoms with E-state index in [1.807, 2.05) is 0 Å². The van der Waals surface area contributed by atoms with Gasteiger partial charge in [0, 0.05) is 12.6 Å². The molecule has 0 atom stereocenters. The van der Waals surface area contributed by atoms with Gasteiger partial charge in [-0.2, -0.15) is 0 Å². The van der Waals surface area contributed by atoms with E-state index >= 15 is 0 Å². The Labute approximate surface area is 119 Å². The van der Waals surface area contributed by atoms with E-state index < -0.39 is 0 Å². The lowest BCUT2D eigenvalue weighted by Gasteiger charge is -2.33. The molecule has 1 heterocycles. The van der Waals surface area contributed by atoms with Gasteiger partial charge in [-0.3, -0.25) is 0 Å². The molecule has 0 spiro atoms. The summed E-state index contributed by atoms with van der Waals surface area (Å²) in [4.78, 5) is 10.7. The van der Waals surface area contributed by atoms with Crippen LogP contribution in [0, 0.1) is 5.92 Å². The van der Waals surface area contributed by atoms with E-state index in [4.69, 9.17) is 11.6 Å². The topological polar surface area (TPSA) is 49.2 Å². The Morgan fingerprint density at radius 3 is 2.63 bits per heavy atom. The Balaban J connectivity index is 2.33. The third-order valence-electron chi connectivity index (χ3n) is 3.63. The molecule has 0 aliphatic heterocycles. The second-order valence-corrected chi connectivity index (χ2v) is 5.97. The second kappa shape index (κ2) is 6.53. The number of anilines is 1. The number of hydrogen-bond acceptors (Lipinski definition) is 4. The highest BCUT2D eigenvalue weighted by molar-refractivity contribution is 6.30. The van der Waals surface area contributed by atoms with Crippen molar-refractivity contribution in [1.29, 1.82) is 0 Å². The van der Waals surface area contributed by atoms with Gasteiger partial charge in [0.15, 0.2) is 0 Å². The average Bonchev–Trinajstić information content (AvgIpc) is 2.89. The van der Waals surface area contributed by atoms with Gasteiger partial charge in [0.05, 0.1) is 12.2 Å². The number of nitrogens with zero attached hydrogens (tertiary/aromatic N) is 3. The molecule has 1 aliphatic carbocycles. The van der Waals surface area contributed by atoms with Gasteiger partial charge in [-0.1, -0.05) is 38.3 Å². The van der Waals surface area contributed by atoms with Gasteiger partial charge in [-0.05, 0) is 18.8 Å². The highest BCUT2D eigenvalue weighted by Crippen LogP contribution is 2.31. The number of aromatic nitrogens is 2. The normalized spacial score (nSPS) is 16.3. The number of aliphatic hydroxyl groups is 1.